The van der Waals surface area contributed by atoms with Gasteiger partial charge in [0.1, 0.15) is 11.5 Å². The van der Waals surface area contributed by atoms with Gasteiger partial charge in [-0.1, -0.05) is 12.1 Å². The van der Waals surface area contributed by atoms with Crippen LogP contribution in [0, 0.1) is 0 Å². The van der Waals surface area contributed by atoms with E-state index in [1.807, 2.05) is 36.8 Å². The van der Waals surface area contributed by atoms with Gasteiger partial charge in [0.2, 0.25) is 0 Å². The summed E-state index contributed by atoms with van der Waals surface area (Å²) in [7, 11) is 0. The largest absolute Gasteiger partial charge is 0.508 e. The van der Waals surface area contributed by atoms with Gasteiger partial charge in [-0.15, -0.1) is 23.5 Å². The quantitative estimate of drug-likeness (QED) is 0.775. The van der Waals surface area contributed by atoms with Crippen molar-refractivity contribution in [2.24, 2.45) is 0 Å². The van der Waals surface area contributed by atoms with Crippen molar-refractivity contribution in [1.29, 1.82) is 0 Å². The maximum absolute atomic E-state index is 8.93. The van der Waals surface area contributed by atoms with Crippen molar-refractivity contribution < 1.29 is 36.4 Å². The minimum Gasteiger partial charge on any atom is -0.508 e. The zero-order chi connectivity index (χ0) is 13.4. The maximum Gasteiger partial charge on any atom is 0.116 e. The molecule has 2 rings (SSSR count). The van der Waals surface area contributed by atoms with Crippen LogP contribution in [0.3, 0.4) is 0 Å². The second kappa shape index (κ2) is 10.4. The number of benzene rings is 2. The van der Waals surface area contributed by atoms with Gasteiger partial charge in [-0.2, -0.15) is 0 Å². The number of aromatic hydroxyl groups is 2. The van der Waals surface area contributed by atoms with Crippen molar-refractivity contribution in [3.63, 3.8) is 0 Å². The Hall–Kier alpha value is -0.377. The number of hydrogen-bond donors (Lipinski definition) is 2. The Bertz CT molecular complexity index is 447. The van der Waals surface area contributed by atoms with E-state index in [9.17, 15) is 0 Å². The molecule has 0 aliphatic rings. The smallest absolute Gasteiger partial charge is 0.116 e. The average molecular weight is 372 g/mol. The van der Waals surface area contributed by atoms with Crippen LogP contribution in [0.5, 0.6) is 11.5 Å². The molecule has 0 spiro atoms. The van der Waals surface area contributed by atoms with Gasteiger partial charge < -0.3 is 10.2 Å². The number of phenolic OH excluding ortho intramolecular Hbond substituents is 2. The SMILES string of the molecule is CSc1cccc(O)c1.CSc1cccc(O)c1.[Zr]. The van der Waals surface area contributed by atoms with Gasteiger partial charge in [0, 0.05) is 36.0 Å². The van der Waals surface area contributed by atoms with Crippen LogP contribution in [0.1, 0.15) is 0 Å². The zero-order valence-corrected chi connectivity index (χ0v) is 14.9. The molecule has 2 aromatic rings. The number of hydrogen-bond acceptors (Lipinski definition) is 4. The molecule has 0 amide bonds. The second-order valence-corrected chi connectivity index (χ2v) is 5.16. The minimum absolute atomic E-state index is 0. The Morgan fingerprint density at radius 2 is 1.11 bits per heavy atom. The Balaban J connectivity index is 0.000000324. The van der Waals surface area contributed by atoms with Gasteiger partial charge in [-0.25, -0.2) is 0 Å². The molecule has 100 valence electrons. The first kappa shape index (κ1) is 18.6. The minimum atomic E-state index is 0. The van der Waals surface area contributed by atoms with Gasteiger partial charge in [-0.05, 0) is 48.9 Å². The molecule has 0 radical (unpaired) electrons. The van der Waals surface area contributed by atoms with Gasteiger partial charge >= 0.3 is 0 Å². The molecule has 0 heterocycles. The third-order valence-electron chi connectivity index (χ3n) is 2.11. The monoisotopic (exact) mass is 370 g/mol. The van der Waals surface area contributed by atoms with Crippen molar-refractivity contribution in [3.8, 4) is 11.5 Å². The van der Waals surface area contributed by atoms with E-state index in [-0.39, 0.29) is 26.2 Å². The molecule has 0 fully saturated rings. The van der Waals surface area contributed by atoms with E-state index in [0.717, 1.165) is 9.79 Å². The fourth-order valence-corrected chi connectivity index (χ4v) is 2.13. The predicted molar refractivity (Wildman–Crippen MR) is 79.8 cm³/mol. The van der Waals surface area contributed by atoms with Crippen LogP contribution in [-0.4, -0.2) is 22.7 Å². The summed E-state index contributed by atoms with van der Waals surface area (Å²) < 4.78 is 0. The van der Waals surface area contributed by atoms with Gasteiger partial charge in [0.15, 0.2) is 0 Å². The number of phenols is 2. The van der Waals surface area contributed by atoms with Crippen LogP contribution in [0.4, 0.5) is 0 Å². The van der Waals surface area contributed by atoms with E-state index in [2.05, 4.69) is 0 Å². The van der Waals surface area contributed by atoms with E-state index < -0.39 is 0 Å². The standard InChI is InChI=1S/2C7H8OS.Zr/c2*1-9-7-4-2-3-6(8)5-7;/h2*2-5,8H,1H3;. The molecule has 0 bridgehead atoms. The summed E-state index contributed by atoms with van der Waals surface area (Å²) in [6.45, 7) is 0. The molecule has 0 saturated carbocycles. The summed E-state index contributed by atoms with van der Waals surface area (Å²) in [5, 5.41) is 17.9. The molecule has 2 N–H and O–H groups in total. The number of rotatable bonds is 2. The summed E-state index contributed by atoms with van der Waals surface area (Å²) in [5.41, 5.74) is 0. The normalized spacial score (nSPS) is 8.95. The Morgan fingerprint density at radius 1 is 0.737 bits per heavy atom. The topological polar surface area (TPSA) is 40.5 Å². The fraction of sp³-hybridized carbons (Fsp3) is 0.143. The van der Waals surface area contributed by atoms with E-state index in [1.165, 1.54) is 0 Å². The summed E-state index contributed by atoms with van der Waals surface area (Å²) in [6.07, 6.45) is 3.96. The second-order valence-electron chi connectivity index (χ2n) is 3.40. The Labute approximate surface area is 141 Å². The van der Waals surface area contributed by atoms with Crippen LogP contribution in [0.15, 0.2) is 58.3 Å². The summed E-state index contributed by atoms with van der Waals surface area (Å²) in [4.78, 5) is 2.19. The van der Waals surface area contributed by atoms with Crippen molar-refractivity contribution in [1.82, 2.24) is 0 Å². The Morgan fingerprint density at radius 3 is 1.32 bits per heavy atom. The third kappa shape index (κ3) is 7.71. The van der Waals surface area contributed by atoms with E-state index in [0.29, 0.717) is 11.5 Å². The van der Waals surface area contributed by atoms with E-state index in [1.54, 1.807) is 47.8 Å². The molecule has 0 atom stereocenters. The van der Waals surface area contributed by atoms with Crippen LogP contribution in [0.25, 0.3) is 0 Å². The molecule has 0 aliphatic heterocycles. The zero-order valence-electron chi connectivity index (χ0n) is 10.8. The van der Waals surface area contributed by atoms with Crippen LogP contribution in [-0.2, 0) is 26.2 Å². The van der Waals surface area contributed by atoms with E-state index in [4.69, 9.17) is 10.2 Å². The van der Waals surface area contributed by atoms with Crippen LogP contribution >= 0.6 is 23.5 Å². The summed E-state index contributed by atoms with van der Waals surface area (Å²) >= 11 is 3.25. The molecule has 2 aromatic carbocycles. The summed E-state index contributed by atoms with van der Waals surface area (Å²) in [5.74, 6) is 0.670. The molecule has 19 heavy (non-hydrogen) atoms. The van der Waals surface area contributed by atoms with Crippen LogP contribution in [0.2, 0.25) is 0 Å². The first-order chi connectivity index (χ1) is 8.65. The third-order valence-corrected chi connectivity index (χ3v) is 3.56. The van der Waals surface area contributed by atoms with Gasteiger partial charge in [0.05, 0.1) is 0 Å². The van der Waals surface area contributed by atoms with Gasteiger partial charge in [0.25, 0.3) is 0 Å². The van der Waals surface area contributed by atoms with Crippen molar-refractivity contribution in [3.05, 3.63) is 48.5 Å². The van der Waals surface area contributed by atoms with Crippen molar-refractivity contribution in [2.75, 3.05) is 12.5 Å². The maximum atomic E-state index is 8.93. The van der Waals surface area contributed by atoms with Gasteiger partial charge in [-0.3, -0.25) is 0 Å². The predicted octanol–water partition coefficient (Wildman–Crippen LogP) is 4.23. The average Bonchev–Trinajstić information content (AvgIpc) is 2.39. The first-order valence-electron chi connectivity index (χ1n) is 5.31. The van der Waals surface area contributed by atoms with E-state index >= 15 is 0 Å². The molecular formula is C14H16O2S2Zr. The Kier molecular flexibility index (Phi) is 10.2. The molecule has 0 unspecified atom stereocenters. The number of thioether (sulfide) groups is 2. The fourth-order valence-electron chi connectivity index (χ4n) is 1.22. The van der Waals surface area contributed by atoms with Crippen molar-refractivity contribution in [2.45, 2.75) is 9.79 Å². The molecule has 5 heteroatoms. The first-order valence-corrected chi connectivity index (χ1v) is 7.76. The molecular weight excluding hydrogens is 356 g/mol. The molecule has 0 aliphatic carbocycles. The van der Waals surface area contributed by atoms with Crippen LogP contribution < -0.4 is 0 Å². The molecule has 0 saturated heterocycles. The van der Waals surface area contributed by atoms with Crippen molar-refractivity contribution >= 4 is 23.5 Å². The molecule has 0 aromatic heterocycles. The molecule has 2 nitrogen and oxygen atoms in total. The summed E-state index contributed by atoms with van der Waals surface area (Å²) in [6, 6.07) is 14.4.